The minimum Gasteiger partial charge on any atom is -1.00 e. The third-order valence-electron chi connectivity index (χ3n) is 0.167. The van der Waals surface area contributed by atoms with Crippen molar-refractivity contribution in [2.45, 2.75) is 0 Å². The van der Waals surface area contributed by atoms with Gasteiger partial charge in [-0.15, -0.1) is 0 Å². The zero-order valence-electron chi connectivity index (χ0n) is 5.72. The maximum Gasteiger partial charge on any atom is 2.00 e. The molecule has 0 aromatic heterocycles. The van der Waals surface area contributed by atoms with Gasteiger partial charge in [0.15, 0.2) is 0 Å². The van der Waals surface area contributed by atoms with Crippen LogP contribution in [0.5, 0.6) is 0 Å². The third kappa shape index (κ3) is 22.4. The van der Waals surface area contributed by atoms with Crippen LogP contribution in [-0.4, -0.2) is 49.7 Å². The molecule has 0 aromatic carbocycles. The van der Waals surface area contributed by atoms with Crippen LogP contribution in [0.4, 0.5) is 0 Å². The Morgan fingerprint density at radius 1 is 0.900 bits per heavy atom. The van der Waals surface area contributed by atoms with E-state index >= 15 is 0 Å². The van der Waals surface area contributed by atoms with Gasteiger partial charge in [-0.2, -0.15) is 0 Å². The van der Waals surface area contributed by atoms with Gasteiger partial charge < -0.3 is 32.2 Å². The van der Waals surface area contributed by atoms with Crippen molar-refractivity contribution in [3.63, 3.8) is 0 Å². The van der Waals surface area contributed by atoms with E-state index in [-0.39, 0.29) is 109 Å². The summed E-state index contributed by atoms with van der Waals surface area (Å²) in [5.41, 5.74) is 0. The fraction of sp³-hybridized carbons (Fsp3) is 0. The number of carboxylic acids is 2. The van der Waals surface area contributed by atoms with Gasteiger partial charge in [0.25, 0.3) is 0 Å². The van der Waals surface area contributed by atoms with E-state index < -0.39 is 11.9 Å². The number of aliphatic carboxylic acids is 2. The number of carbonyl (C=O) groups excluding carboxylic acids is 2. The zero-order valence-corrected chi connectivity index (χ0v) is 12.7. The van der Waals surface area contributed by atoms with Crippen molar-refractivity contribution in [2.75, 3.05) is 0 Å². The zero-order chi connectivity index (χ0) is 5.15. The summed E-state index contributed by atoms with van der Waals surface area (Å²) in [4.78, 5) is 17.9. The number of carbonyl (C=O) groups is 2. The Morgan fingerprint density at radius 3 is 1.00 bits per heavy atom. The van der Waals surface area contributed by atoms with E-state index in [1.165, 1.54) is 0 Å². The largest absolute Gasteiger partial charge is 2.00 e. The topological polar surface area (TPSA) is 80.3 Å². The molecule has 42 valence electrons. The van der Waals surface area contributed by atoms with Crippen LogP contribution in [0, 0.1) is 0 Å². The number of halogens is 1. The van der Waals surface area contributed by atoms with Crippen molar-refractivity contribution in [3.8, 4) is 0 Å². The molecule has 0 saturated heterocycles. The molecule has 8 heteroatoms. The summed E-state index contributed by atoms with van der Waals surface area (Å²) in [6.45, 7) is 0. The van der Waals surface area contributed by atoms with E-state index in [1.54, 1.807) is 0 Å². The minimum atomic E-state index is -2.19. The van der Waals surface area contributed by atoms with Crippen molar-refractivity contribution in [2.24, 2.45) is 0 Å². The molecule has 0 bridgehead atoms. The van der Waals surface area contributed by atoms with E-state index in [4.69, 9.17) is 19.8 Å². The molecule has 0 aromatic rings. The van der Waals surface area contributed by atoms with E-state index in [9.17, 15) is 0 Å². The second kappa shape index (κ2) is 17.5. The molecule has 0 radical (unpaired) electrons. The third-order valence-corrected chi connectivity index (χ3v) is 0.167. The number of rotatable bonds is 0. The van der Waals surface area contributed by atoms with Gasteiger partial charge in [0.2, 0.25) is 0 Å². The smallest absolute Gasteiger partial charge is 1.00 e. The van der Waals surface area contributed by atoms with Crippen LogP contribution in [0.1, 0.15) is 0 Å². The second-order valence-electron chi connectivity index (χ2n) is 0.575. The van der Waals surface area contributed by atoms with Crippen molar-refractivity contribution in [1.82, 2.24) is 0 Å². The van der Waals surface area contributed by atoms with Gasteiger partial charge in [-0.3, -0.25) is 0 Å². The van der Waals surface area contributed by atoms with E-state index in [0.29, 0.717) is 0 Å². The molecule has 0 heterocycles. The molecule has 0 unspecified atom stereocenters. The summed E-state index contributed by atoms with van der Waals surface area (Å²) in [6, 6.07) is 0. The second-order valence-corrected chi connectivity index (χ2v) is 0.575. The Labute approximate surface area is 138 Å². The predicted octanol–water partition coefficient (Wildman–Crippen LogP) is -12.9. The average Bonchev–Trinajstić information content (AvgIpc) is 1.36. The first-order valence-corrected chi connectivity index (χ1v) is 1.07. The van der Waals surface area contributed by atoms with Crippen LogP contribution in [0.3, 0.4) is 0 Å². The normalized spacial score (nSPS) is 4.40. The maximum absolute atomic E-state index is 8.93. The van der Waals surface area contributed by atoms with Crippen molar-refractivity contribution in [3.05, 3.63) is 0 Å². The van der Waals surface area contributed by atoms with Crippen LogP contribution in [0.2, 0.25) is 0 Å². The van der Waals surface area contributed by atoms with Gasteiger partial charge in [-0.05, 0) is 0 Å². The SMILES string of the molecule is O=C([O-])C(=O)[O-].[Ca+2].[Cl-].[Na+].[Na+]. The standard InChI is InChI=1S/C2H2O4.Ca.ClH.2Na/c3-1(4)2(5)6;;;;/h(H,3,4)(H,5,6);;1H;;/q;+2;;2*+1/p-3. The first-order chi connectivity index (χ1) is 2.64. The van der Waals surface area contributed by atoms with Crippen molar-refractivity contribution < 1.29 is 91.3 Å². The molecule has 0 N–H and O–H groups in total. The molecule has 0 spiro atoms. The molecule has 0 amide bonds. The minimum absolute atomic E-state index is 0. The summed E-state index contributed by atoms with van der Waals surface area (Å²) < 4.78 is 0. The van der Waals surface area contributed by atoms with Gasteiger partial charge in [-0.25, -0.2) is 0 Å². The van der Waals surface area contributed by atoms with Crippen molar-refractivity contribution in [1.29, 1.82) is 0 Å². The number of hydrogen-bond donors (Lipinski definition) is 0. The summed E-state index contributed by atoms with van der Waals surface area (Å²) in [7, 11) is 0. The predicted molar refractivity (Wildman–Crippen MR) is 15.8 cm³/mol. The Bertz CT molecular complexity index is 87.3. The molecule has 0 saturated carbocycles. The fourth-order valence-electron chi connectivity index (χ4n) is 0. The maximum atomic E-state index is 8.93. The van der Waals surface area contributed by atoms with E-state index in [1.807, 2.05) is 0 Å². The monoisotopic (exact) mass is 209 g/mol. The first-order valence-electron chi connectivity index (χ1n) is 1.07. The van der Waals surface area contributed by atoms with Gasteiger partial charge in [0.1, 0.15) is 0 Å². The summed E-state index contributed by atoms with van der Waals surface area (Å²) in [5, 5.41) is 17.9. The first kappa shape index (κ1) is 29.4. The molecule has 0 rings (SSSR count). The molecule has 0 fully saturated rings. The van der Waals surface area contributed by atoms with Crippen LogP contribution in [0.25, 0.3) is 0 Å². The van der Waals surface area contributed by atoms with Gasteiger partial charge >= 0.3 is 96.9 Å². The van der Waals surface area contributed by atoms with Crippen LogP contribution >= 0.6 is 0 Å². The summed E-state index contributed by atoms with van der Waals surface area (Å²) in [6.07, 6.45) is 0. The van der Waals surface area contributed by atoms with Crippen LogP contribution < -0.4 is 81.7 Å². The molecule has 0 atom stereocenters. The van der Waals surface area contributed by atoms with Crippen LogP contribution in [0.15, 0.2) is 0 Å². The van der Waals surface area contributed by atoms with E-state index in [2.05, 4.69) is 0 Å². The van der Waals surface area contributed by atoms with Gasteiger partial charge in [0, 0.05) is 0 Å². The Kier molecular flexibility index (Phi) is 51.6. The molecular formula is C2CaClNa2O4+. The van der Waals surface area contributed by atoms with Crippen LogP contribution in [-0.2, 0) is 9.59 Å². The van der Waals surface area contributed by atoms with Crippen molar-refractivity contribution >= 4 is 49.7 Å². The van der Waals surface area contributed by atoms with Gasteiger partial charge in [-0.1, -0.05) is 0 Å². The molecular weight excluding hydrogens is 210 g/mol. The molecule has 0 aliphatic carbocycles. The van der Waals surface area contributed by atoms with Gasteiger partial charge in [0.05, 0.1) is 11.9 Å². The molecule has 0 aliphatic heterocycles. The Hall–Kier alpha value is 2.49. The average molecular weight is 210 g/mol. The fourth-order valence-corrected chi connectivity index (χ4v) is 0. The Balaban J connectivity index is -0.0000000208. The molecule has 10 heavy (non-hydrogen) atoms. The Morgan fingerprint density at radius 2 is 1.00 bits per heavy atom. The number of hydrogen-bond acceptors (Lipinski definition) is 4. The van der Waals surface area contributed by atoms with E-state index in [0.717, 1.165) is 0 Å². The summed E-state index contributed by atoms with van der Waals surface area (Å²) >= 11 is 0. The number of carboxylic acid groups (broad SMARTS) is 2. The molecule has 0 aliphatic rings. The quantitative estimate of drug-likeness (QED) is 0.293. The summed E-state index contributed by atoms with van der Waals surface area (Å²) in [5.74, 6) is -4.37. The molecule has 4 nitrogen and oxygen atoms in total.